The summed E-state index contributed by atoms with van der Waals surface area (Å²) in [5.41, 5.74) is 1.16. The van der Waals surface area contributed by atoms with E-state index in [1.165, 1.54) is 0 Å². The highest BCUT2D eigenvalue weighted by Crippen LogP contribution is 2.14. The van der Waals surface area contributed by atoms with Gasteiger partial charge in [0.2, 0.25) is 0 Å². The molecular formula is C11H16O2. The molecule has 13 heavy (non-hydrogen) atoms. The lowest BCUT2D eigenvalue weighted by atomic mass is 10.2. The Hall–Kier alpha value is -1.02. The minimum Gasteiger partial charge on any atom is -0.488 e. The zero-order valence-electron chi connectivity index (χ0n) is 8.32. The molecule has 0 aliphatic carbocycles. The molecule has 0 aromatic heterocycles. The molecular weight excluding hydrogens is 164 g/mol. The summed E-state index contributed by atoms with van der Waals surface area (Å²) in [6, 6.07) is 7.81. The summed E-state index contributed by atoms with van der Waals surface area (Å²) in [4.78, 5) is 0. The largest absolute Gasteiger partial charge is 0.488 e. The van der Waals surface area contributed by atoms with Crippen LogP contribution in [0.4, 0.5) is 0 Å². The first-order chi connectivity index (χ1) is 6.09. The Balaban J connectivity index is 2.64. The first kappa shape index (κ1) is 10.1. The van der Waals surface area contributed by atoms with Crippen LogP contribution in [-0.2, 0) is 0 Å². The molecule has 0 saturated heterocycles. The number of aliphatic hydroxyl groups excluding tert-OH is 1. The van der Waals surface area contributed by atoms with Crippen LogP contribution in [0.5, 0.6) is 5.75 Å². The summed E-state index contributed by atoms with van der Waals surface area (Å²) >= 11 is 0. The summed E-state index contributed by atoms with van der Waals surface area (Å²) in [6.45, 7) is 5.59. The van der Waals surface area contributed by atoms with E-state index in [0.29, 0.717) is 0 Å². The molecule has 72 valence electrons. The molecule has 0 fully saturated rings. The van der Waals surface area contributed by atoms with Gasteiger partial charge in [-0.1, -0.05) is 12.1 Å². The molecule has 0 radical (unpaired) electrons. The second-order valence-corrected chi connectivity index (χ2v) is 3.38. The van der Waals surface area contributed by atoms with Crippen molar-refractivity contribution < 1.29 is 9.84 Å². The van der Waals surface area contributed by atoms with Gasteiger partial charge in [-0.25, -0.2) is 0 Å². The third kappa shape index (κ3) is 3.07. The van der Waals surface area contributed by atoms with Crippen molar-refractivity contribution in [3.63, 3.8) is 0 Å². The van der Waals surface area contributed by atoms with E-state index >= 15 is 0 Å². The number of aryl methyl sites for hydroxylation is 1. The molecule has 0 heterocycles. The van der Waals surface area contributed by atoms with Crippen molar-refractivity contribution in [3.05, 3.63) is 29.8 Å². The van der Waals surface area contributed by atoms with Crippen molar-refractivity contribution in [1.82, 2.24) is 0 Å². The van der Waals surface area contributed by atoms with Crippen molar-refractivity contribution in [3.8, 4) is 5.75 Å². The molecule has 0 amide bonds. The van der Waals surface area contributed by atoms with E-state index in [4.69, 9.17) is 4.74 Å². The van der Waals surface area contributed by atoms with Crippen molar-refractivity contribution in [1.29, 1.82) is 0 Å². The predicted molar refractivity (Wildman–Crippen MR) is 52.9 cm³/mol. The Morgan fingerprint density at radius 3 is 2.54 bits per heavy atom. The second kappa shape index (κ2) is 4.28. The molecule has 1 aromatic rings. The maximum atomic E-state index is 9.23. The molecule has 2 nitrogen and oxygen atoms in total. The van der Waals surface area contributed by atoms with Gasteiger partial charge in [0.25, 0.3) is 0 Å². The van der Waals surface area contributed by atoms with Crippen LogP contribution in [0.2, 0.25) is 0 Å². The Morgan fingerprint density at radius 2 is 2.00 bits per heavy atom. The number of rotatable bonds is 3. The van der Waals surface area contributed by atoms with Crippen molar-refractivity contribution in [2.75, 3.05) is 0 Å². The predicted octanol–water partition coefficient (Wildman–Crippen LogP) is 2.14. The van der Waals surface area contributed by atoms with Crippen LogP contribution in [0.1, 0.15) is 19.4 Å². The van der Waals surface area contributed by atoms with Crippen LogP contribution in [-0.4, -0.2) is 17.3 Å². The maximum Gasteiger partial charge on any atom is 0.121 e. The molecule has 2 atom stereocenters. The Morgan fingerprint density at radius 1 is 1.31 bits per heavy atom. The van der Waals surface area contributed by atoms with Crippen molar-refractivity contribution >= 4 is 0 Å². The van der Waals surface area contributed by atoms with Gasteiger partial charge in [0.15, 0.2) is 0 Å². The zero-order chi connectivity index (χ0) is 9.84. The van der Waals surface area contributed by atoms with E-state index in [0.717, 1.165) is 11.3 Å². The topological polar surface area (TPSA) is 29.5 Å². The van der Waals surface area contributed by atoms with Crippen LogP contribution in [0.15, 0.2) is 24.3 Å². The minimum atomic E-state index is -0.444. The summed E-state index contributed by atoms with van der Waals surface area (Å²) in [7, 11) is 0. The first-order valence-electron chi connectivity index (χ1n) is 4.51. The van der Waals surface area contributed by atoms with Crippen LogP contribution < -0.4 is 4.74 Å². The summed E-state index contributed by atoms with van der Waals surface area (Å²) in [6.07, 6.45) is -0.609. The number of aliphatic hydroxyl groups is 1. The van der Waals surface area contributed by atoms with Crippen molar-refractivity contribution in [2.24, 2.45) is 0 Å². The van der Waals surface area contributed by atoms with Gasteiger partial charge in [0.05, 0.1) is 6.10 Å². The number of hydrogen-bond acceptors (Lipinski definition) is 2. The fraction of sp³-hybridized carbons (Fsp3) is 0.455. The fourth-order valence-electron chi connectivity index (χ4n) is 1.00. The Labute approximate surface area is 79.2 Å². The van der Waals surface area contributed by atoms with E-state index in [2.05, 4.69) is 0 Å². The fourth-order valence-corrected chi connectivity index (χ4v) is 1.00. The molecule has 2 heteroatoms. The molecule has 1 aromatic carbocycles. The highest BCUT2D eigenvalue weighted by molar-refractivity contribution is 5.27. The average Bonchev–Trinajstić information content (AvgIpc) is 2.04. The van der Waals surface area contributed by atoms with Gasteiger partial charge < -0.3 is 9.84 Å². The smallest absolute Gasteiger partial charge is 0.121 e. The Bertz CT molecular complexity index is 269. The van der Waals surface area contributed by atoms with E-state index in [-0.39, 0.29) is 6.10 Å². The van der Waals surface area contributed by atoms with Gasteiger partial charge in [-0.05, 0) is 38.5 Å². The van der Waals surface area contributed by atoms with E-state index in [1.54, 1.807) is 6.92 Å². The van der Waals surface area contributed by atoms with Gasteiger partial charge in [0.1, 0.15) is 11.9 Å². The highest BCUT2D eigenvalue weighted by Gasteiger charge is 2.09. The molecule has 2 unspecified atom stereocenters. The Kier molecular flexibility index (Phi) is 3.32. The normalized spacial score (nSPS) is 15.1. The second-order valence-electron chi connectivity index (χ2n) is 3.38. The third-order valence-electron chi connectivity index (χ3n) is 1.99. The molecule has 0 saturated carbocycles. The molecule has 0 spiro atoms. The number of hydrogen-bond donors (Lipinski definition) is 1. The lowest BCUT2D eigenvalue weighted by Gasteiger charge is -2.17. The summed E-state index contributed by atoms with van der Waals surface area (Å²) in [5.74, 6) is 0.813. The van der Waals surface area contributed by atoms with E-state index in [1.807, 2.05) is 38.1 Å². The molecule has 0 bridgehead atoms. The lowest BCUT2D eigenvalue weighted by molar-refractivity contribution is 0.0604. The van der Waals surface area contributed by atoms with Gasteiger partial charge in [-0.15, -0.1) is 0 Å². The van der Waals surface area contributed by atoms with Gasteiger partial charge in [-0.2, -0.15) is 0 Å². The van der Waals surface area contributed by atoms with Crippen LogP contribution in [0.3, 0.4) is 0 Å². The van der Waals surface area contributed by atoms with Crippen LogP contribution in [0.25, 0.3) is 0 Å². The lowest BCUT2D eigenvalue weighted by Crippen LogP contribution is -2.25. The van der Waals surface area contributed by atoms with Crippen LogP contribution in [0, 0.1) is 6.92 Å². The molecule has 1 rings (SSSR count). The van der Waals surface area contributed by atoms with Gasteiger partial charge >= 0.3 is 0 Å². The number of benzene rings is 1. The van der Waals surface area contributed by atoms with Crippen LogP contribution >= 0.6 is 0 Å². The summed E-state index contributed by atoms with van der Waals surface area (Å²) < 4.78 is 5.51. The molecule has 0 aliphatic rings. The standard InChI is InChI=1S/C11H16O2/c1-8-5-4-6-11(7-8)13-10(3)9(2)12/h4-7,9-10,12H,1-3H3. The van der Waals surface area contributed by atoms with E-state index in [9.17, 15) is 5.11 Å². The maximum absolute atomic E-state index is 9.23. The monoisotopic (exact) mass is 180 g/mol. The SMILES string of the molecule is Cc1cccc(OC(C)C(C)O)c1. The van der Waals surface area contributed by atoms with Crippen molar-refractivity contribution in [2.45, 2.75) is 33.0 Å². The molecule has 1 N–H and O–H groups in total. The number of ether oxygens (including phenoxy) is 1. The average molecular weight is 180 g/mol. The first-order valence-corrected chi connectivity index (χ1v) is 4.51. The summed E-state index contributed by atoms with van der Waals surface area (Å²) in [5, 5.41) is 9.23. The third-order valence-corrected chi connectivity index (χ3v) is 1.99. The minimum absolute atomic E-state index is 0.165. The van der Waals surface area contributed by atoms with E-state index < -0.39 is 6.10 Å². The quantitative estimate of drug-likeness (QED) is 0.772. The highest BCUT2D eigenvalue weighted by atomic mass is 16.5. The van der Waals surface area contributed by atoms with Gasteiger partial charge in [-0.3, -0.25) is 0 Å². The molecule has 0 aliphatic heterocycles. The zero-order valence-corrected chi connectivity index (χ0v) is 8.32. The van der Waals surface area contributed by atoms with Gasteiger partial charge in [0, 0.05) is 0 Å².